The van der Waals surface area contributed by atoms with Gasteiger partial charge in [-0.05, 0) is 48.8 Å². The molecule has 0 saturated heterocycles. The van der Waals surface area contributed by atoms with Crippen LogP contribution in [-0.4, -0.2) is 11.0 Å². The Morgan fingerprint density at radius 2 is 1.81 bits per heavy atom. The quantitative estimate of drug-likeness (QED) is 0.849. The van der Waals surface area contributed by atoms with Crippen molar-refractivity contribution >= 4 is 28.9 Å². The molecule has 0 aromatic heterocycles. The molecule has 0 spiro atoms. The van der Waals surface area contributed by atoms with Crippen molar-refractivity contribution in [2.24, 2.45) is 0 Å². The molecule has 1 amide bonds. The fraction of sp³-hybridized carbons (Fsp3) is 0.176. The van der Waals surface area contributed by atoms with E-state index in [-0.39, 0.29) is 5.91 Å². The summed E-state index contributed by atoms with van der Waals surface area (Å²) in [5, 5.41) is 6.15. The summed E-state index contributed by atoms with van der Waals surface area (Å²) in [6.07, 6.45) is 0.902. The number of hydrogen-bond donors (Lipinski definition) is 2. The van der Waals surface area contributed by atoms with Gasteiger partial charge in [-0.3, -0.25) is 10.1 Å². The monoisotopic (exact) mass is 298 g/mol. The molecular weight excluding hydrogens is 280 g/mol. The van der Waals surface area contributed by atoms with Crippen LogP contribution in [0.25, 0.3) is 0 Å². The summed E-state index contributed by atoms with van der Waals surface area (Å²) in [5.41, 5.74) is 3.83. The highest BCUT2D eigenvalue weighted by Crippen LogP contribution is 2.20. The Kier molecular flexibility index (Phi) is 5.06. The molecule has 0 saturated carbocycles. The number of carbonyl (C=O) groups excluding carboxylic acids is 1. The summed E-state index contributed by atoms with van der Waals surface area (Å²) in [6, 6.07) is 15.1. The lowest BCUT2D eigenvalue weighted by molar-refractivity contribution is 0.0977. The van der Waals surface area contributed by atoms with Crippen molar-refractivity contribution in [2.45, 2.75) is 20.3 Å². The van der Waals surface area contributed by atoms with Crippen LogP contribution in [0.4, 0.5) is 5.69 Å². The molecule has 0 aliphatic heterocycles. The molecule has 108 valence electrons. The number of hydrogen-bond acceptors (Lipinski definition) is 2. The second-order valence-corrected chi connectivity index (χ2v) is 5.15. The van der Waals surface area contributed by atoms with Crippen LogP contribution in [0.3, 0.4) is 0 Å². The molecule has 0 heterocycles. The van der Waals surface area contributed by atoms with Crippen LogP contribution in [0.15, 0.2) is 48.5 Å². The lowest BCUT2D eigenvalue weighted by Crippen LogP contribution is -2.34. The van der Waals surface area contributed by atoms with E-state index in [1.54, 1.807) is 12.1 Å². The van der Waals surface area contributed by atoms with Gasteiger partial charge < -0.3 is 5.32 Å². The lowest BCUT2D eigenvalue weighted by atomic mass is 10.1. The smallest absolute Gasteiger partial charge is 0.257 e. The Morgan fingerprint density at radius 3 is 2.48 bits per heavy atom. The number of aryl methyl sites for hydroxylation is 2. The van der Waals surface area contributed by atoms with Crippen molar-refractivity contribution < 1.29 is 4.79 Å². The molecule has 21 heavy (non-hydrogen) atoms. The van der Waals surface area contributed by atoms with Gasteiger partial charge in [0.25, 0.3) is 5.91 Å². The highest BCUT2D eigenvalue weighted by Gasteiger charge is 2.10. The summed E-state index contributed by atoms with van der Waals surface area (Å²) in [6.45, 7) is 4.11. The molecular formula is C17H18N2OS. The van der Waals surface area contributed by atoms with Gasteiger partial charge >= 0.3 is 0 Å². The van der Waals surface area contributed by atoms with Crippen molar-refractivity contribution in [3.8, 4) is 0 Å². The van der Waals surface area contributed by atoms with E-state index in [0.717, 1.165) is 17.7 Å². The first kappa shape index (κ1) is 15.2. The van der Waals surface area contributed by atoms with Crippen molar-refractivity contribution in [1.82, 2.24) is 5.32 Å². The Morgan fingerprint density at radius 1 is 1.10 bits per heavy atom. The van der Waals surface area contributed by atoms with E-state index in [1.165, 1.54) is 5.56 Å². The summed E-state index contributed by atoms with van der Waals surface area (Å²) in [7, 11) is 0. The highest BCUT2D eigenvalue weighted by molar-refractivity contribution is 7.80. The van der Waals surface area contributed by atoms with Crippen LogP contribution in [0.2, 0.25) is 0 Å². The van der Waals surface area contributed by atoms with Crippen LogP contribution in [-0.2, 0) is 6.42 Å². The highest BCUT2D eigenvalue weighted by atomic mass is 32.1. The average Bonchev–Trinajstić information content (AvgIpc) is 2.50. The SMILES string of the molecule is CCc1cccc(C)c1NC(=S)NC(=O)c1ccccc1. The molecule has 2 rings (SSSR count). The van der Waals surface area contributed by atoms with Gasteiger partial charge in [0.15, 0.2) is 5.11 Å². The Bertz CT molecular complexity index is 653. The van der Waals surface area contributed by atoms with Gasteiger partial charge in [-0.2, -0.15) is 0 Å². The minimum Gasteiger partial charge on any atom is -0.332 e. The van der Waals surface area contributed by atoms with E-state index in [0.29, 0.717) is 10.7 Å². The summed E-state index contributed by atoms with van der Waals surface area (Å²) in [4.78, 5) is 12.0. The zero-order valence-corrected chi connectivity index (χ0v) is 13.0. The maximum absolute atomic E-state index is 12.0. The number of para-hydroxylation sites is 1. The van der Waals surface area contributed by atoms with Gasteiger partial charge in [0.05, 0.1) is 0 Å². The summed E-state index contributed by atoms with van der Waals surface area (Å²) >= 11 is 5.24. The summed E-state index contributed by atoms with van der Waals surface area (Å²) in [5.74, 6) is -0.209. The van der Waals surface area contributed by atoms with Crippen molar-refractivity contribution in [3.05, 3.63) is 65.2 Å². The second kappa shape index (κ2) is 6.99. The predicted molar refractivity (Wildman–Crippen MR) is 90.7 cm³/mol. The first-order valence-corrected chi connectivity index (χ1v) is 7.28. The molecule has 0 aliphatic rings. The van der Waals surface area contributed by atoms with E-state index >= 15 is 0 Å². The maximum atomic E-state index is 12.0. The zero-order chi connectivity index (χ0) is 15.2. The summed E-state index contributed by atoms with van der Waals surface area (Å²) < 4.78 is 0. The fourth-order valence-electron chi connectivity index (χ4n) is 2.11. The predicted octanol–water partition coefficient (Wildman–Crippen LogP) is 3.68. The van der Waals surface area contributed by atoms with Crippen LogP contribution in [0.5, 0.6) is 0 Å². The zero-order valence-electron chi connectivity index (χ0n) is 12.1. The third-order valence-corrected chi connectivity index (χ3v) is 3.45. The fourth-order valence-corrected chi connectivity index (χ4v) is 2.31. The lowest BCUT2D eigenvalue weighted by Gasteiger charge is -2.15. The van der Waals surface area contributed by atoms with Crippen molar-refractivity contribution in [1.29, 1.82) is 0 Å². The van der Waals surface area contributed by atoms with Crippen molar-refractivity contribution in [2.75, 3.05) is 5.32 Å². The molecule has 0 fully saturated rings. The van der Waals surface area contributed by atoms with Gasteiger partial charge in [-0.15, -0.1) is 0 Å². The molecule has 4 heteroatoms. The molecule has 3 nitrogen and oxygen atoms in total. The second-order valence-electron chi connectivity index (χ2n) is 4.74. The molecule has 2 aromatic carbocycles. The molecule has 0 bridgehead atoms. The van der Waals surface area contributed by atoms with Crippen LogP contribution < -0.4 is 10.6 Å². The standard InChI is InChI=1S/C17H18N2OS/c1-3-13-11-7-8-12(2)15(13)18-17(21)19-16(20)14-9-5-4-6-10-14/h4-11H,3H2,1-2H3,(H2,18,19,20,21). The Hall–Kier alpha value is -2.20. The molecule has 0 radical (unpaired) electrons. The van der Waals surface area contributed by atoms with E-state index < -0.39 is 0 Å². The first-order valence-electron chi connectivity index (χ1n) is 6.87. The van der Waals surface area contributed by atoms with Crippen LogP contribution >= 0.6 is 12.2 Å². The Labute approximate surface area is 130 Å². The molecule has 0 atom stereocenters. The number of nitrogens with one attached hydrogen (secondary N) is 2. The molecule has 0 aliphatic carbocycles. The van der Waals surface area contributed by atoms with Crippen molar-refractivity contribution in [3.63, 3.8) is 0 Å². The van der Waals surface area contributed by atoms with Gasteiger partial charge in [-0.1, -0.05) is 43.3 Å². The van der Waals surface area contributed by atoms with Crippen LogP contribution in [0, 0.1) is 6.92 Å². The molecule has 0 unspecified atom stereocenters. The molecule has 2 aromatic rings. The van der Waals surface area contributed by atoms with Crippen LogP contribution in [0.1, 0.15) is 28.4 Å². The van der Waals surface area contributed by atoms with Gasteiger partial charge in [0, 0.05) is 11.3 Å². The number of amides is 1. The number of thiocarbonyl (C=S) groups is 1. The minimum absolute atomic E-state index is 0.209. The molecule has 2 N–H and O–H groups in total. The number of carbonyl (C=O) groups is 1. The third-order valence-electron chi connectivity index (χ3n) is 3.24. The minimum atomic E-state index is -0.209. The number of rotatable bonds is 3. The Balaban J connectivity index is 2.08. The van der Waals surface area contributed by atoms with Gasteiger partial charge in [0.1, 0.15) is 0 Å². The van der Waals surface area contributed by atoms with E-state index in [1.807, 2.05) is 37.3 Å². The van der Waals surface area contributed by atoms with Gasteiger partial charge in [0.2, 0.25) is 0 Å². The van der Waals surface area contributed by atoms with E-state index in [2.05, 4.69) is 23.6 Å². The van der Waals surface area contributed by atoms with E-state index in [4.69, 9.17) is 12.2 Å². The third kappa shape index (κ3) is 3.89. The van der Waals surface area contributed by atoms with Gasteiger partial charge in [-0.25, -0.2) is 0 Å². The largest absolute Gasteiger partial charge is 0.332 e. The maximum Gasteiger partial charge on any atom is 0.257 e. The number of anilines is 1. The normalized spacial score (nSPS) is 10.0. The first-order chi connectivity index (χ1) is 10.1. The average molecular weight is 298 g/mol. The van der Waals surface area contributed by atoms with E-state index in [9.17, 15) is 4.79 Å². The topological polar surface area (TPSA) is 41.1 Å². The number of benzene rings is 2.